The third-order valence-corrected chi connectivity index (χ3v) is 3.57. The molecule has 0 aliphatic carbocycles. The van der Waals surface area contributed by atoms with Gasteiger partial charge < -0.3 is 15.0 Å². The van der Waals surface area contributed by atoms with Crippen LogP contribution in [0.3, 0.4) is 0 Å². The first-order valence-electron chi connectivity index (χ1n) is 6.56. The number of anilines is 1. The number of hydrogen-bond donors (Lipinski definition) is 1. The molecule has 0 bridgehead atoms. The van der Waals surface area contributed by atoms with E-state index in [1.54, 1.807) is 18.4 Å². The van der Waals surface area contributed by atoms with Crippen LogP contribution in [0.1, 0.15) is 25.6 Å². The van der Waals surface area contributed by atoms with Crippen molar-refractivity contribution < 1.29 is 4.74 Å². The van der Waals surface area contributed by atoms with Crippen LogP contribution < -0.4 is 10.2 Å². The molecule has 0 aromatic carbocycles. The first kappa shape index (κ1) is 15.4. The highest BCUT2D eigenvalue weighted by Gasteiger charge is 2.12. The summed E-state index contributed by atoms with van der Waals surface area (Å²) >= 11 is 1.77. The van der Waals surface area contributed by atoms with Crippen LogP contribution in [0.4, 0.5) is 5.13 Å². The van der Waals surface area contributed by atoms with Crippen molar-refractivity contribution in [3.63, 3.8) is 0 Å². The Bertz CT molecular complexity index is 328. The Morgan fingerprint density at radius 1 is 1.50 bits per heavy atom. The molecule has 0 saturated heterocycles. The SMILES string of the molecule is CCNCc1cnc(N(CCOC)CC(C)C)s1. The average molecular weight is 271 g/mol. The van der Waals surface area contributed by atoms with Gasteiger partial charge in [0.25, 0.3) is 0 Å². The molecule has 1 aromatic rings. The van der Waals surface area contributed by atoms with E-state index in [1.165, 1.54) is 4.88 Å². The van der Waals surface area contributed by atoms with Crippen LogP contribution in [0.25, 0.3) is 0 Å². The summed E-state index contributed by atoms with van der Waals surface area (Å²) in [6.07, 6.45) is 1.97. The first-order chi connectivity index (χ1) is 8.67. The lowest BCUT2D eigenvalue weighted by Crippen LogP contribution is -2.30. The van der Waals surface area contributed by atoms with Crippen molar-refractivity contribution in [2.24, 2.45) is 5.92 Å². The second-order valence-electron chi connectivity index (χ2n) is 4.72. The van der Waals surface area contributed by atoms with Crippen LogP contribution in [0.15, 0.2) is 6.20 Å². The Hall–Kier alpha value is -0.650. The third kappa shape index (κ3) is 5.33. The van der Waals surface area contributed by atoms with Crippen LogP contribution in [0.5, 0.6) is 0 Å². The predicted molar refractivity (Wildman–Crippen MR) is 78.4 cm³/mol. The summed E-state index contributed by atoms with van der Waals surface area (Å²) in [6.45, 7) is 11.2. The maximum atomic E-state index is 5.17. The Kier molecular flexibility index (Phi) is 7.23. The van der Waals surface area contributed by atoms with Crippen molar-refractivity contribution in [2.45, 2.75) is 27.3 Å². The highest BCUT2D eigenvalue weighted by Crippen LogP contribution is 2.23. The van der Waals surface area contributed by atoms with Crippen LogP contribution in [-0.2, 0) is 11.3 Å². The van der Waals surface area contributed by atoms with Gasteiger partial charge in [0.1, 0.15) is 0 Å². The van der Waals surface area contributed by atoms with Crippen molar-refractivity contribution in [3.05, 3.63) is 11.1 Å². The molecule has 0 aliphatic heterocycles. The molecule has 0 amide bonds. The molecule has 1 aromatic heterocycles. The summed E-state index contributed by atoms with van der Waals surface area (Å²) in [5, 5.41) is 4.43. The minimum atomic E-state index is 0.628. The van der Waals surface area contributed by atoms with Crippen molar-refractivity contribution in [1.82, 2.24) is 10.3 Å². The number of hydrogen-bond acceptors (Lipinski definition) is 5. The highest BCUT2D eigenvalue weighted by atomic mass is 32.1. The molecule has 104 valence electrons. The molecule has 0 unspecified atom stereocenters. The van der Waals surface area contributed by atoms with Gasteiger partial charge in [-0.25, -0.2) is 4.98 Å². The van der Waals surface area contributed by atoms with E-state index in [4.69, 9.17) is 4.74 Å². The number of rotatable bonds is 9. The normalized spacial score (nSPS) is 11.2. The minimum Gasteiger partial charge on any atom is -0.383 e. The van der Waals surface area contributed by atoms with Crippen LogP contribution in [0.2, 0.25) is 0 Å². The molecule has 4 nitrogen and oxygen atoms in total. The largest absolute Gasteiger partial charge is 0.383 e. The molecule has 0 saturated carbocycles. The molecule has 0 atom stereocenters. The van der Waals surface area contributed by atoms with Gasteiger partial charge in [0.15, 0.2) is 5.13 Å². The van der Waals surface area contributed by atoms with E-state index < -0.39 is 0 Å². The maximum absolute atomic E-state index is 5.17. The fourth-order valence-corrected chi connectivity index (χ4v) is 2.60. The van der Waals surface area contributed by atoms with E-state index in [9.17, 15) is 0 Å². The lowest BCUT2D eigenvalue weighted by atomic mass is 10.2. The van der Waals surface area contributed by atoms with E-state index in [2.05, 4.69) is 36.0 Å². The number of ether oxygens (including phenoxy) is 1. The quantitative estimate of drug-likeness (QED) is 0.748. The summed E-state index contributed by atoms with van der Waals surface area (Å²) in [5.41, 5.74) is 0. The molecular weight excluding hydrogens is 246 g/mol. The molecule has 5 heteroatoms. The fraction of sp³-hybridized carbons (Fsp3) is 0.769. The van der Waals surface area contributed by atoms with E-state index in [0.717, 1.165) is 37.9 Å². The van der Waals surface area contributed by atoms with E-state index in [1.807, 2.05) is 6.20 Å². The zero-order chi connectivity index (χ0) is 13.4. The summed E-state index contributed by atoms with van der Waals surface area (Å²) in [6, 6.07) is 0. The zero-order valence-corrected chi connectivity index (χ0v) is 12.7. The zero-order valence-electron chi connectivity index (χ0n) is 11.9. The summed E-state index contributed by atoms with van der Waals surface area (Å²) in [7, 11) is 1.74. The third-order valence-electron chi connectivity index (χ3n) is 2.51. The fourth-order valence-electron chi connectivity index (χ4n) is 1.68. The van der Waals surface area contributed by atoms with E-state index in [0.29, 0.717) is 5.92 Å². The van der Waals surface area contributed by atoms with Gasteiger partial charge in [-0.15, -0.1) is 11.3 Å². The monoisotopic (exact) mass is 271 g/mol. The molecule has 1 N–H and O–H groups in total. The second-order valence-corrected chi connectivity index (χ2v) is 5.82. The maximum Gasteiger partial charge on any atom is 0.185 e. The predicted octanol–water partition coefficient (Wildman–Crippen LogP) is 2.36. The molecule has 1 heterocycles. The average Bonchev–Trinajstić information content (AvgIpc) is 2.80. The second kappa shape index (κ2) is 8.45. The first-order valence-corrected chi connectivity index (χ1v) is 7.38. The Morgan fingerprint density at radius 2 is 2.28 bits per heavy atom. The Labute approximate surface area is 114 Å². The van der Waals surface area contributed by atoms with Crippen molar-refractivity contribution in [3.8, 4) is 0 Å². The van der Waals surface area contributed by atoms with Gasteiger partial charge in [-0.2, -0.15) is 0 Å². The van der Waals surface area contributed by atoms with Crippen molar-refractivity contribution in [1.29, 1.82) is 0 Å². The summed E-state index contributed by atoms with van der Waals surface area (Å²) in [4.78, 5) is 8.13. The Morgan fingerprint density at radius 3 is 2.89 bits per heavy atom. The highest BCUT2D eigenvalue weighted by molar-refractivity contribution is 7.15. The van der Waals surface area contributed by atoms with Gasteiger partial charge in [0.2, 0.25) is 0 Å². The van der Waals surface area contributed by atoms with Crippen LogP contribution >= 0.6 is 11.3 Å². The molecule has 0 aliphatic rings. The minimum absolute atomic E-state index is 0.628. The molecule has 1 rings (SSSR count). The van der Waals surface area contributed by atoms with E-state index >= 15 is 0 Å². The molecule has 0 radical (unpaired) electrons. The van der Waals surface area contributed by atoms with Gasteiger partial charge in [-0.1, -0.05) is 20.8 Å². The standard InChI is InChI=1S/C13H25N3OS/c1-5-14-8-12-9-15-13(18-12)16(6-7-17-4)10-11(2)3/h9,11,14H,5-8,10H2,1-4H3. The smallest absolute Gasteiger partial charge is 0.185 e. The molecule has 0 fully saturated rings. The van der Waals surface area contributed by atoms with Crippen LogP contribution in [0, 0.1) is 5.92 Å². The lowest BCUT2D eigenvalue weighted by molar-refractivity contribution is 0.204. The van der Waals surface area contributed by atoms with Gasteiger partial charge in [-0.05, 0) is 12.5 Å². The van der Waals surface area contributed by atoms with Gasteiger partial charge >= 0.3 is 0 Å². The lowest BCUT2D eigenvalue weighted by Gasteiger charge is -2.23. The number of aromatic nitrogens is 1. The molecule has 0 spiro atoms. The van der Waals surface area contributed by atoms with Crippen molar-refractivity contribution >= 4 is 16.5 Å². The number of methoxy groups -OCH3 is 1. The summed E-state index contributed by atoms with van der Waals surface area (Å²) < 4.78 is 5.17. The topological polar surface area (TPSA) is 37.4 Å². The number of nitrogens with one attached hydrogen (secondary N) is 1. The number of nitrogens with zero attached hydrogens (tertiary/aromatic N) is 2. The molecule has 18 heavy (non-hydrogen) atoms. The van der Waals surface area contributed by atoms with Gasteiger partial charge in [0, 0.05) is 37.8 Å². The Balaban J connectivity index is 2.62. The van der Waals surface area contributed by atoms with Crippen molar-refractivity contribution in [2.75, 3.05) is 38.3 Å². The van der Waals surface area contributed by atoms with Crippen LogP contribution in [-0.4, -0.2) is 38.3 Å². The summed E-state index contributed by atoms with van der Waals surface area (Å²) in [5.74, 6) is 0.628. The number of thiazole rings is 1. The van der Waals surface area contributed by atoms with Gasteiger partial charge in [0.05, 0.1) is 6.61 Å². The molecular formula is C13H25N3OS. The van der Waals surface area contributed by atoms with Gasteiger partial charge in [-0.3, -0.25) is 0 Å². The van der Waals surface area contributed by atoms with E-state index in [-0.39, 0.29) is 0 Å².